The first-order valence-electron chi connectivity index (χ1n) is 6.51. The van der Waals surface area contributed by atoms with Gasteiger partial charge in [0.1, 0.15) is 9.84 Å². The lowest BCUT2D eigenvalue weighted by Gasteiger charge is -2.16. The summed E-state index contributed by atoms with van der Waals surface area (Å²) in [7, 11) is -2.94. The Morgan fingerprint density at radius 1 is 1.40 bits per heavy atom. The molecule has 20 heavy (non-hydrogen) atoms. The van der Waals surface area contributed by atoms with E-state index in [4.69, 9.17) is 0 Å². The summed E-state index contributed by atoms with van der Waals surface area (Å²) in [6.07, 6.45) is 3.06. The van der Waals surface area contributed by atoms with E-state index in [2.05, 4.69) is 15.4 Å². The fourth-order valence-corrected chi connectivity index (χ4v) is 2.66. The molecule has 0 aliphatic rings. The van der Waals surface area contributed by atoms with E-state index in [9.17, 15) is 8.42 Å². The number of aromatic nitrogens is 3. The van der Waals surface area contributed by atoms with Crippen molar-refractivity contribution in [2.45, 2.75) is 26.8 Å². The molecule has 2 aromatic heterocycles. The number of aryl methyl sites for hydroxylation is 2. The van der Waals surface area contributed by atoms with Gasteiger partial charge in [0.2, 0.25) is 0 Å². The van der Waals surface area contributed by atoms with Gasteiger partial charge in [0.15, 0.2) is 5.65 Å². The summed E-state index contributed by atoms with van der Waals surface area (Å²) in [5.41, 5.74) is 3.79. The summed E-state index contributed by atoms with van der Waals surface area (Å²) in [5, 5.41) is 7.61. The quantitative estimate of drug-likeness (QED) is 0.892. The van der Waals surface area contributed by atoms with Gasteiger partial charge in [-0.15, -0.1) is 0 Å². The highest BCUT2D eigenvalue weighted by atomic mass is 32.2. The van der Waals surface area contributed by atoms with Gasteiger partial charge in [-0.2, -0.15) is 5.10 Å². The second kappa shape index (κ2) is 5.49. The summed E-state index contributed by atoms with van der Waals surface area (Å²) >= 11 is 0. The molecule has 0 aromatic carbocycles. The molecule has 0 saturated heterocycles. The molecule has 110 valence electrons. The second-order valence-electron chi connectivity index (χ2n) is 5.16. The minimum Gasteiger partial charge on any atom is -0.309 e. The highest BCUT2D eigenvalue weighted by molar-refractivity contribution is 7.90. The van der Waals surface area contributed by atoms with E-state index in [1.807, 2.05) is 37.5 Å². The van der Waals surface area contributed by atoms with E-state index in [1.54, 1.807) is 0 Å². The van der Waals surface area contributed by atoms with Crippen LogP contribution in [0.2, 0.25) is 0 Å². The van der Waals surface area contributed by atoms with E-state index in [1.165, 1.54) is 6.26 Å². The van der Waals surface area contributed by atoms with Gasteiger partial charge in [-0.1, -0.05) is 0 Å². The van der Waals surface area contributed by atoms with Crippen molar-refractivity contribution < 1.29 is 8.42 Å². The molecule has 1 unspecified atom stereocenters. The maximum absolute atomic E-state index is 11.1. The number of hydrogen-bond acceptors (Lipinski definition) is 5. The van der Waals surface area contributed by atoms with Crippen LogP contribution in [0.5, 0.6) is 0 Å². The average molecular weight is 296 g/mol. The number of fused-ring (bicyclic) bond motifs is 1. The number of rotatable bonds is 5. The summed E-state index contributed by atoms with van der Waals surface area (Å²) < 4.78 is 24.1. The lowest BCUT2D eigenvalue weighted by atomic mass is 10.1. The van der Waals surface area contributed by atoms with E-state index in [-0.39, 0.29) is 11.8 Å². The SMILES string of the molecule is Cc1cc2ncc(C(C)NCCS(C)(=O)=O)c(C)n2n1. The fourth-order valence-electron chi connectivity index (χ4n) is 2.17. The maximum Gasteiger partial charge on any atom is 0.155 e. The van der Waals surface area contributed by atoms with Gasteiger partial charge in [0, 0.05) is 42.4 Å². The molecular weight excluding hydrogens is 276 g/mol. The van der Waals surface area contributed by atoms with Crippen LogP contribution in [0.1, 0.15) is 29.9 Å². The van der Waals surface area contributed by atoms with Crippen LogP contribution in [-0.2, 0) is 9.84 Å². The Hall–Kier alpha value is -1.47. The lowest BCUT2D eigenvalue weighted by Crippen LogP contribution is -2.26. The molecule has 6 nitrogen and oxygen atoms in total. The van der Waals surface area contributed by atoms with Gasteiger partial charge in [0.05, 0.1) is 11.4 Å². The predicted molar refractivity (Wildman–Crippen MR) is 78.6 cm³/mol. The summed E-state index contributed by atoms with van der Waals surface area (Å²) in [6, 6.07) is 1.96. The molecule has 2 aromatic rings. The van der Waals surface area contributed by atoms with Crippen LogP contribution >= 0.6 is 0 Å². The van der Waals surface area contributed by atoms with Crippen molar-refractivity contribution in [3.63, 3.8) is 0 Å². The van der Waals surface area contributed by atoms with Gasteiger partial charge in [-0.05, 0) is 20.8 Å². The smallest absolute Gasteiger partial charge is 0.155 e. The van der Waals surface area contributed by atoms with Crippen molar-refractivity contribution in [3.05, 3.63) is 29.2 Å². The summed E-state index contributed by atoms with van der Waals surface area (Å²) in [4.78, 5) is 4.38. The molecule has 0 radical (unpaired) electrons. The van der Waals surface area contributed by atoms with E-state index >= 15 is 0 Å². The Kier molecular flexibility index (Phi) is 4.10. The molecule has 2 heterocycles. The molecule has 0 amide bonds. The number of sulfone groups is 1. The Morgan fingerprint density at radius 3 is 2.75 bits per heavy atom. The molecule has 1 atom stereocenters. The third kappa shape index (κ3) is 3.34. The van der Waals surface area contributed by atoms with Crippen LogP contribution in [0.15, 0.2) is 12.3 Å². The normalized spacial score (nSPS) is 13.8. The number of hydrogen-bond donors (Lipinski definition) is 1. The highest BCUT2D eigenvalue weighted by Gasteiger charge is 2.13. The molecular formula is C13H20N4O2S. The predicted octanol–water partition coefficient (Wildman–Crippen LogP) is 1.04. The Balaban J connectivity index is 2.17. The van der Waals surface area contributed by atoms with Crippen molar-refractivity contribution in [2.24, 2.45) is 0 Å². The fraction of sp³-hybridized carbons (Fsp3) is 0.538. The Morgan fingerprint density at radius 2 is 2.10 bits per heavy atom. The molecule has 7 heteroatoms. The van der Waals surface area contributed by atoms with E-state index < -0.39 is 9.84 Å². The zero-order valence-electron chi connectivity index (χ0n) is 12.2. The average Bonchev–Trinajstić information content (AvgIpc) is 2.69. The van der Waals surface area contributed by atoms with E-state index in [0.717, 1.165) is 22.6 Å². The number of nitrogens with zero attached hydrogens (tertiary/aromatic N) is 3. The second-order valence-corrected chi connectivity index (χ2v) is 7.42. The Bertz CT molecular complexity index is 721. The minimum atomic E-state index is -2.94. The number of nitrogens with one attached hydrogen (secondary N) is 1. The van der Waals surface area contributed by atoms with Gasteiger partial charge in [0.25, 0.3) is 0 Å². The first-order valence-corrected chi connectivity index (χ1v) is 8.57. The highest BCUT2D eigenvalue weighted by Crippen LogP contribution is 2.17. The standard InChI is InChI=1S/C13H20N4O2S/c1-9-7-13-15-8-12(11(3)17(13)16-9)10(2)14-5-6-20(4,18)19/h7-8,10,14H,5-6H2,1-4H3. The maximum atomic E-state index is 11.1. The molecule has 0 fully saturated rings. The molecule has 2 rings (SSSR count). The molecule has 0 aliphatic heterocycles. The first-order chi connectivity index (χ1) is 9.28. The van der Waals surface area contributed by atoms with Gasteiger partial charge < -0.3 is 5.32 Å². The van der Waals surface area contributed by atoms with Gasteiger partial charge >= 0.3 is 0 Å². The van der Waals surface area contributed by atoms with E-state index in [0.29, 0.717) is 6.54 Å². The van der Waals surface area contributed by atoms with Crippen LogP contribution in [-0.4, -0.2) is 41.6 Å². The van der Waals surface area contributed by atoms with Crippen molar-refractivity contribution in [1.29, 1.82) is 0 Å². The van der Waals surface area contributed by atoms with Crippen LogP contribution in [0.25, 0.3) is 5.65 Å². The topological polar surface area (TPSA) is 76.4 Å². The molecule has 1 N–H and O–H groups in total. The Labute approximate surface area is 119 Å². The largest absolute Gasteiger partial charge is 0.309 e. The molecule has 0 spiro atoms. The lowest BCUT2D eigenvalue weighted by molar-refractivity contribution is 0.570. The third-order valence-corrected chi connectivity index (χ3v) is 4.22. The minimum absolute atomic E-state index is 0.0261. The third-order valence-electron chi connectivity index (χ3n) is 3.27. The van der Waals surface area contributed by atoms with Crippen molar-refractivity contribution in [2.75, 3.05) is 18.6 Å². The zero-order valence-corrected chi connectivity index (χ0v) is 13.0. The van der Waals surface area contributed by atoms with Gasteiger partial charge in [-0.3, -0.25) is 0 Å². The van der Waals surface area contributed by atoms with Crippen molar-refractivity contribution in [3.8, 4) is 0 Å². The van der Waals surface area contributed by atoms with Crippen molar-refractivity contribution in [1.82, 2.24) is 19.9 Å². The van der Waals surface area contributed by atoms with Crippen LogP contribution in [0, 0.1) is 13.8 Å². The molecule has 0 aliphatic carbocycles. The molecule has 0 saturated carbocycles. The first kappa shape index (κ1) is 14.9. The van der Waals surface area contributed by atoms with Crippen LogP contribution < -0.4 is 5.32 Å². The van der Waals surface area contributed by atoms with Crippen molar-refractivity contribution >= 4 is 15.5 Å². The summed E-state index contributed by atoms with van der Waals surface area (Å²) in [5.74, 6) is 0.132. The summed E-state index contributed by atoms with van der Waals surface area (Å²) in [6.45, 7) is 6.34. The van der Waals surface area contributed by atoms with Crippen LogP contribution in [0.3, 0.4) is 0 Å². The zero-order chi connectivity index (χ0) is 14.9. The van der Waals surface area contributed by atoms with Gasteiger partial charge in [-0.25, -0.2) is 17.9 Å². The molecule has 0 bridgehead atoms. The monoisotopic (exact) mass is 296 g/mol. The van der Waals surface area contributed by atoms with Crippen LogP contribution in [0.4, 0.5) is 0 Å².